The Balaban J connectivity index is 2.04. The van der Waals surface area contributed by atoms with Gasteiger partial charge in [0.2, 0.25) is 23.6 Å². The van der Waals surface area contributed by atoms with Gasteiger partial charge >= 0.3 is 17.9 Å². The number of hydrogen-bond donors (Lipinski definition) is 7. The van der Waals surface area contributed by atoms with Crippen molar-refractivity contribution in [1.82, 2.24) is 21.3 Å². The second kappa shape index (κ2) is 44.0. The van der Waals surface area contributed by atoms with E-state index in [0.29, 0.717) is 57.5 Å². The summed E-state index contributed by atoms with van der Waals surface area (Å²) in [6.07, 6.45) is 23.9. The quantitative estimate of drug-likeness (QED) is 0.0307. The zero-order valence-corrected chi connectivity index (χ0v) is 43.6. The summed E-state index contributed by atoms with van der Waals surface area (Å²) in [6.45, 7) is 2.72. The minimum Gasteiger partial charge on any atom is -0.481 e. The number of unbranched alkanes of at least 4 members (excludes halogenated alkanes) is 16. The van der Waals surface area contributed by atoms with Crippen molar-refractivity contribution in [3.05, 3.63) is 0 Å². The van der Waals surface area contributed by atoms with E-state index < -0.39 is 42.4 Å². The van der Waals surface area contributed by atoms with Crippen molar-refractivity contribution in [3.8, 4) is 0 Å². The molecule has 19 heteroatoms. The molecule has 0 spiro atoms. The molecule has 2 atom stereocenters. The molecule has 1 rings (SSSR count). The van der Waals surface area contributed by atoms with E-state index in [-0.39, 0.29) is 113 Å². The van der Waals surface area contributed by atoms with Crippen molar-refractivity contribution in [2.75, 3.05) is 59.3 Å². The minimum atomic E-state index is -1.18. The molecule has 19 nitrogen and oxygen atoms in total. The van der Waals surface area contributed by atoms with Crippen LogP contribution in [0.15, 0.2) is 0 Å². The first-order valence-corrected chi connectivity index (χ1v) is 27.3. The van der Waals surface area contributed by atoms with Crippen LogP contribution in [-0.2, 0) is 57.4 Å². The number of hydrogen-bond acceptors (Lipinski definition) is 12. The molecule has 7 N–H and O–H groups in total. The standard InChI is InChI=1S/C53H92N4O15/c1-2-47(60)54-31-20-19-21-45(53(68)69)57-50(63)40-71-33-30-44(58)39-72-36-35-70-34-32-55-49(62)29-28-43(52(66)67)37-46(59)42-26-24-41(25-27-42)38-56-48(61)22-17-15-13-11-9-7-5-3-4-6-8-10-12-14-16-18-23-51(64)65/h41-43,45H,2-40H2,1H3,(H,54,60)(H,55,62)(H,56,61)(H,57,63)(H,64,65)(H,66,67)(H,68,69). The van der Waals surface area contributed by atoms with Gasteiger partial charge < -0.3 is 50.8 Å². The first-order chi connectivity index (χ1) is 34.7. The van der Waals surface area contributed by atoms with Crippen molar-refractivity contribution in [2.45, 2.75) is 206 Å². The summed E-state index contributed by atoms with van der Waals surface area (Å²) in [4.78, 5) is 107. The monoisotopic (exact) mass is 1020 g/mol. The van der Waals surface area contributed by atoms with Crippen molar-refractivity contribution in [2.24, 2.45) is 17.8 Å². The summed E-state index contributed by atoms with van der Waals surface area (Å²) in [5.74, 6) is -5.20. The smallest absolute Gasteiger partial charge is 0.326 e. The van der Waals surface area contributed by atoms with Crippen molar-refractivity contribution in [1.29, 1.82) is 0 Å². The lowest BCUT2D eigenvalue weighted by Gasteiger charge is -2.28. The van der Waals surface area contributed by atoms with E-state index in [1.54, 1.807) is 6.92 Å². The summed E-state index contributed by atoms with van der Waals surface area (Å²) in [5.41, 5.74) is 0. The van der Waals surface area contributed by atoms with Crippen LogP contribution in [0, 0.1) is 17.8 Å². The fourth-order valence-electron chi connectivity index (χ4n) is 8.60. The van der Waals surface area contributed by atoms with Gasteiger partial charge in [-0.3, -0.25) is 38.4 Å². The van der Waals surface area contributed by atoms with Gasteiger partial charge in [-0.05, 0) is 70.1 Å². The van der Waals surface area contributed by atoms with Crippen LogP contribution in [0.2, 0.25) is 0 Å². The highest BCUT2D eigenvalue weighted by Gasteiger charge is 2.30. The molecule has 1 aliphatic carbocycles. The Morgan fingerprint density at radius 2 is 1.03 bits per heavy atom. The number of carbonyl (C=O) groups excluding carboxylic acids is 6. The third kappa shape index (κ3) is 38.2. The maximum atomic E-state index is 13.1. The van der Waals surface area contributed by atoms with Crippen LogP contribution in [0.3, 0.4) is 0 Å². The second-order valence-electron chi connectivity index (χ2n) is 19.3. The van der Waals surface area contributed by atoms with E-state index in [9.17, 15) is 53.4 Å². The number of amides is 4. The average Bonchev–Trinajstić information content (AvgIpc) is 3.35. The highest BCUT2D eigenvalue weighted by Crippen LogP contribution is 2.31. The Kier molecular flexibility index (Phi) is 40.1. The molecular weight excluding hydrogens is 933 g/mol. The zero-order chi connectivity index (χ0) is 53.0. The lowest BCUT2D eigenvalue weighted by atomic mass is 9.78. The molecule has 0 aromatic heterocycles. The Hall–Kier alpha value is -4.49. The first-order valence-electron chi connectivity index (χ1n) is 27.3. The molecule has 2 unspecified atom stereocenters. The second-order valence-corrected chi connectivity index (χ2v) is 19.3. The normalized spacial score (nSPS) is 15.2. The van der Waals surface area contributed by atoms with Gasteiger partial charge in [0, 0.05) is 64.1 Å². The van der Waals surface area contributed by atoms with Gasteiger partial charge in [0.05, 0.1) is 32.3 Å². The van der Waals surface area contributed by atoms with Gasteiger partial charge in [-0.15, -0.1) is 0 Å². The molecule has 0 aromatic rings. The van der Waals surface area contributed by atoms with Crippen LogP contribution in [0.5, 0.6) is 0 Å². The molecule has 1 aliphatic rings. The van der Waals surface area contributed by atoms with Crippen LogP contribution in [0.25, 0.3) is 0 Å². The molecule has 0 bridgehead atoms. The van der Waals surface area contributed by atoms with Crippen LogP contribution >= 0.6 is 0 Å². The number of ketones is 2. The molecular formula is C53H92N4O15. The molecule has 1 saturated carbocycles. The SMILES string of the molecule is CCC(=O)NCCCCC(NC(=O)COCCC(=O)COCCOCCNC(=O)CCC(CC(=O)C1CCC(CNC(=O)CCCCCCCCCCCCCCCCCCC(=O)O)CC1)C(=O)O)C(=O)O. The predicted molar refractivity (Wildman–Crippen MR) is 271 cm³/mol. The van der Waals surface area contributed by atoms with Crippen molar-refractivity contribution >= 4 is 53.1 Å². The Bertz CT molecular complexity index is 1550. The van der Waals surface area contributed by atoms with Gasteiger partial charge in [-0.1, -0.05) is 96.8 Å². The van der Waals surface area contributed by atoms with E-state index in [1.807, 2.05) is 0 Å². The number of nitrogens with one attached hydrogen (secondary N) is 4. The molecule has 0 saturated heterocycles. The number of carboxylic acid groups (broad SMARTS) is 3. The molecule has 72 heavy (non-hydrogen) atoms. The summed E-state index contributed by atoms with van der Waals surface area (Å²) in [7, 11) is 0. The maximum absolute atomic E-state index is 13.1. The van der Waals surface area contributed by atoms with Crippen LogP contribution in [0.1, 0.15) is 200 Å². The van der Waals surface area contributed by atoms with Crippen LogP contribution in [-0.4, -0.2) is 134 Å². The summed E-state index contributed by atoms with van der Waals surface area (Å²) in [6, 6.07) is -1.09. The Morgan fingerprint density at radius 1 is 0.486 bits per heavy atom. The summed E-state index contributed by atoms with van der Waals surface area (Å²) < 4.78 is 15.9. The fraction of sp³-hybridized carbons (Fsp3) is 0.830. The minimum absolute atomic E-state index is 0.0136. The number of carboxylic acids is 3. The Morgan fingerprint density at radius 3 is 1.60 bits per heavy atom. The number of carbonyl (C=O) groups is 9. The third-order valence-electron chi connectivity index (χ3n) is 13.1. The summed E-state index contributed by atoms with van der Waals surface area (Å²) >= 11 is 0. The predicted octanol–water partition coefficient (Wildman–Crippen LogP) is 6.85. The first kappa shape index (κ1) is 65.5. The van der Waals surface area contributed by atoms with E-state index in [2.05, 4.69) is 21.3 Å². The molecule has 414 valence electrons. The van der Waals surface area contributed by atoms with Gasteiger partial charge in [0.15, 0.2) is 5.78 Å². The molecule has 4 amide bonds. The van der Waals surface area contributed by atoms with Crippen molar-refractivity contribution in [3.63, 3.8) is 0 Å². The molecule has 0 heterocycles. The van der Waals surface area contributed by atoms with Gasteiger partial charge in [0.1, 0.15) is 25.0 Å². The topological polar surface area (TPSA) is 290 Å². The lowest BCUT2D eigenvalue weighted by Crippen LogP contribution is -2.42. The fourth-order valence-corrected chi connectivity index (χ4v) is 8.60. The third-order valence-corrected chi connectivity index (χ3v) is 13.1. The highest BCUT2D eigenvalue weighted by molar-refractivity contribution is 5.86. The van der Waals surface area contributed by atoms with Gasteiger partial charge in [0.25, 0.3) is 0 Å². The van der Waals surface area contributed by atoms with E-state index >= 15 is 0 Å². The summed E-state index contributed by atoms with van der Waals surface area (Å²) in [5, 5.41) is 38.7. The molecule has 0 aromatic carbocycles. The number of aliphatic carboxylic acids is 3. The number of ether oxygens (including phenoxy) is 3. The van der Waals surface area contributed by atoms with Crippen LogP contribution < -0.4 is 21.3 Å². The maximum Gasteiger partial charge on any atom is 0.326 e. The van der Waals surface area contributed by atoms with Crippen molar-refractivity contribution < 1.29 is 72.7 Å². The number of Topliss-reactive ketones (excluding diaryl/α,β-unsaturated/α-hetero) is 2. The molecule has 0 aliphatic heterocycles. The van der Waals surface area contributed by atoms with Crippen LogP contribution in [0.4, 0.5) is 0 Å². The van der Waals surface area contributed by atoms with E-state index in [1.165, 1.54) is 64.2 Å². The van der Waals surface area contributed by atoms with E-state index in [0.717, 1.165) is 51.4 Å². The Labute approximate surface area is 428 Å². The van der Waals surface area contributed by atoms with Gasteiger partial charge in [-0.2, -0.15) is 0 Å². The largest absolute Gasteiger partial charge is 0.481 e. The highest BCUT2D eigenvalue weighted by atomic mass is 16.5. The molecule has 0 radical (unpaired) electrons. The number of rotatable bonds is 49. The zero-order valence-electron chi connectivity index (χ0n) is 43.6. The average molecular weight is 1030 g/mol. The van der Waals surface area contributed by atoms with Gasteiger partial charge in [-0.25, -0.2) is 4.79 Å². The lowest BCUT2D eigenvalue weighted by molar-refractivity contribution is -0.145. The van der Waals surface area contributed by atoms with E-state index in [4.69, 9.17) is 19.3 Å². The molecule has 1 fully saturated rings.